The summed E-state index contributed by atoms with van der Waals surface area (Å²) < 4.78 is 10.5. The maximum Gasteiger partial charge on any atom is 0.295 e. The number of aliphatic hydroxyl groups excluding tert-OH is 1. The number of nitrogens with zero attached hydrogens (tertiary/aromatic N) is 1. The highest BCUT2D eigenvalue weighted by Crippen LogP contribution is 2.39. The molecule has 7 heteroatoms. The van der Waals surface area contributed by atoms with Crippen LogP contribution in [-0.2, 0) is 14.3 Å². The highest BCUT2D eigenvalue weighted by Gasteiger charge is 2.45. The number of benzene rings is 2. The van der Waals surface area contributed by atoms with Crippen LogP contribution in [0.4, 0.5) is 0 Å². The summed E-state index contributed by atoms with van der Waals surface area (Å²) in [7, 11) is 1.50. The quantitative estimate of drug-likeness (QED) is 0.301. The number of carbonyl (C=O) groups excluding carboxylic acids is 2. The molecule has 1 aliphatic heterocycles. The van der Waals surface area contributed by atoms with E-state index in [1.54, 1.807) is 42.5 Å². The van der Waals surface area contributed by atoms with Gasteiger partial charge in [-0.1, -0.05) is 24.8 Å². The number of hydrogen-bond donors (Lipinski definition) is 2. The van der Waals surface area contributed by atoms with Gasteiger partial charge in [-0.3, -0.25) is 9.59 Å². The first-order valence-corrected chi connectivity index (χ1v) is 9.38. The highest BCUT2D eigenvalue weighted by atomic mass is 16.5. The molecule has 1 aliphatic rings. The van der Waals surface area contributed by atoms with Crippen molar-refractivity contribution in [3.63, 3.8) is 0 Å². The number of methoxy groups -OCH3 is 1. The molecule has 2 aromatic carbocycles. The smallest absolute Gasteiger partial charge is 0.295 e. The molecule has 30 heavy (non-hydrogen) atoms. The summed E-state index contributed by atoms with van der Waals surface area (Å²) in [5, 5.41) is 20.6. The van der Waals surface area contributed by atoms with Crippen LogP contribution in [0, 0.1) is 0 Å². The van der Waals surface area contributed by atoms with Gasteiger partial charge in [0.2, 0.25) is 0 Å². The van der Waals surface area contributed by atoms with Crippen LogP contribution in [0.15, 0.2) is 66.8 Å². The molecule has 1 fully saturated rings. The first kappa shape index (κ1) is 21.1. The van der Waals surface area contributed by atoms with Crippen LogP contribution >= 0.6 is 0 Å². The van der Waals surface area contributed by atoms with Crippen molar-refractivity contribution in [2.45, 2.75) is 6.04 Å². The Morgan fingerprint density at radius 2 is 1.80 bits per heavy atom. The predicted octanol–water partition coefficient (Wildman–Crippen LogP) is 3.03. The number of aromatic hydroxyl groups is 1. The molecule has 0 spiro atoms. The molecule has 0 bridgehead atoms. The molecule has 1 atom stereocenters. The van der Waals surface area contributed by atoms with Crippen LogP contribution in [0.2, 0.25) is 0 Å². The zero-order chi connectivity index (χ0) is 21.7. The van der Waals surface area contributed by atoms with Crippen LogP contribution < -0.4 is 4.74 Å². The lowest BCUT2D eigenvalue weighted by Gasteiger charge is -2.25. The first-order chi connectivity index (χ1) is 14.5. The Morgan fingerprint density at radius 3 is 2.40 bits per heavy atom. The van der Waals surface area contributed by atoms with Crippen molar-refractivity contribution < 1.29 is 29.3 Å². The van der Waals surface area contributed by atoms with E-state index in [0.717, 1.165) is 0 Å². The van der Waals surface area contributed by atoms with Gasteiger partial charge < -0.3 is 24.6 Å². The summed E-state index contributed by atoms with van der Waals surface area (Å²) in [6.07, 6.45) is 1.62. The van der Waals surface area contributed by atoms with E-state index in [9.17, 15) is 19.8 Å². The molecule has 3 rings (SSSR count). The average molecular weight is 409 g/mol. The number of hydrogen-bond acceptors (Lipinski definition) is 6. The first-order valence-electron chi connectivity index (χ1n) is 9.38. The van der Waals surface area contributed by atoms with Gasteiger partial charge in [-0.05, 0) is 42.0 Å². The van der Waals surface area contributed by atoms with E-state index >= 15 is 0 Å². The Kier molecular flexibility index (Phi) is 6.54. The summed E-state index contributed by atoms with van der Waals surface area (Å²) in [5.41, 5.74) is 0.964. The van der Waals surface area contributed by atoms with Crippen molar-refractivity contribution in [2.75, 3.05) is 26.9 Å². The lowest BCUT2D eigenvalue weighted by atomic mass is 9.95. The van der Waals surface area contributed by atoms with Crippen molar-refractivity contribution >= 4 is 17.4 Å². The van der Waals surface area contributed by atoms with E-state index in [-0.39, 0.29) is 30.2 Å². The van der Waals surface area contributed by atoms with Gasteiger partial charge in [0, 0.05) is 19.2 Å². The lowest BCUT2D eigenvalue weighted by molar-refractivity contribution is -0.140. The minimum Gasteiger partial charge on any atom is -0.508 e. The van der Waals surface area contributed by atoms with Gasteiger partial charge in [-0.2, -0.15) is 0 Å². The van der Waals surface area contributed by atoms with Gasteiger partial charge in [0.25, 0.3) is 11.7 Å². The van der Waals surface area contributed by atoms with Gasteiger partial charge in [-0.25, -0.2) is 0 Å². The molecule has 0 aliphatic carbocycles. The monoisotopic (exact) mass is 409 g/mol. The third-order valence-electron chi connectivity index (χ3n) is 4.78. The number of amides is 1. The molecular weight excluding hydrogens is 386 g/mol. The molecule has 0 saturated carbocycles. The molecule has 1 amide bonds. The predicted molar refractivity (Wildman–Crippen MR) is 111 cm³/mol. The SMILES string of the molecule is C=CCOc1ccc(C(O)=C2C(=O)C(=O)N(CCOC)[C@H]2c2ccc(O)cc2)cc1. The Morgan fingerprint density at radius 1 is 1.13 bits per heavy atom. The van der Waals surface area contributed by atoms with Crippen LogP contribution in [-0.4, -0.2) is 53.7 Å². The van der Waals surface area contributed by atoms with Crippen LogP contribution in [0.3, 0.4) is 0 Å². The number of likely N-dealkylation sites (tertiary alicyclic amines) is 1. The molecule has 1 saturated heterocycles. The van der Waals surface area contributed by atoms with Gasteiger partial charge in [-0.15, -0.1) is 0 Å². The Hall–Kier alpha value is -3.58. The van der Waals surface area contributed by atoms with E-state index in [2.05, 4.69) is 6.58 Å². The normalized spacial score (nSPS) is 17.9. The minimum atomic E-state index is -0.794. The second-order valence-electron chi connectivity index (χ2n) is 6.70. The Balaban J connectivity index is 2.05. The molecule has 7 nitrogen and oxygen atoms in total. The third-order valence-corrected chi connectivity index (χ3v) is 4.78. The van der Waals surface area contributed by atoms with Gasteiger partial charge >= 0.3 is 0 Å². The second kappa shape index (κ2) is 9.28. The van der Waals surface area contributed by atoms with Crippen LogP contribution in [0.25, 0.3) is 5.76 Å². The fourth-order valence-corrected chi connectivity index (χ4v) is 3.32. The molecule has 1 heterocycles. The fraction of sp³-hybridized carbons (Fsp3) is 0.217. The average Bonchev–Trinajstić information content (AvgIpc) is 3.01. The van der Waals surface area contributed by atoms with E-state index in [0.29, 0.717) is 23.5 Å². The zero-order valence-corrected chi connectivity index (χ0v) is 16.6. The summed E-state index contributed by atoms with van der Waals surface area (Å²) in [4.78, 5) is 26.9. The van der Waals surface area contributed by atoms with Gasteiger partial charge in [0.1, 0.15) is 23.9 Å². The van der Waals surface area contributed by atoms with Gasteiger partial charge in [0.05, 0.1) is 18.2 Å². The Bertz CT molecular complexity index is 962. The van der Waals surface area contributed by atoms with Crippen molar-refractivity contribution in [3.05, 3.63) is 77.9 Å². The summed E-state index contributed by atoms with van der Waals surface area (Å²) in [6.45, 7) is 4.34. The number of phenols is 1. The maximum atomic E-state index is 12.8. The van der Waals surface area contributed by atoms with Crippen molar-refractivity contribution in [2.24, 2.45) is 0 Å². The molecule has 2 aromatic rings. The standard InChI is InChI=1S/C23H23NO6/c1-3-13-30-18-10-6-16(7-11-18)21(26)19-20(15-4-8-17(25)9-5-15)24(12-14-29-2)23(28)22(19)27/h3-11,20,25-26H,1,12-14H2,2H3/t20-/m0/s1. The number of phenolic OH excluding ortho intramolecular Hbond substituents is 1. The lowest BCUT2D eigenvalue weighted by Crippen LogP contribution is -2.32. The zero-order valence-electron chi connectivity index (χ0n) is 16.6. The topological polar surface area (TPSA) is 96.3 Å². The molecule has 2 N–H and O–H groups in total. The second-order valence-corrected chi connectivity index (χ2v) is 6.70. The number of aliphatic hydroxyl groups is 1. The number of ketones is 1. The third kappa shape index (κ3) is 4.21. The number of rotatable bonds is 8. The summed E-state index contributed by atoms with van der Waals surface area (Å²) in [6, 6.07) is 11.9. The Labute approximate surface area is 174 Å². The summed E-state index contributed by atoms with van der Waals surface area (Å²) >= 11 is 0. The van der Waals surface area contributed by atoms with Crippen LogP contribution in [0.1, 0.15) is 17.2 Å². The number of carbonyl (C=O) groups is 2. The molecule has 0 radical (unpaired) electrons. The highest BCUT2D eigenvalue weighted by molar-refractivity contribution is 6.46. The van der Waals surface area contributed by atoms with Crippen molar-refractivity contribution in [1.29, 1.82) is 0 Å². The molecule has 0 aromatic heterocycles. The van der Waals surface area contributed by atoms with E-state index < -0.39 is 17.7 Å². The largest absolute Gasteiger partial charge is 0.508 e. The number of Topliss-reactive ketones (excluding diaryl/α,β-unsaturated/α-hetero) is 1. The van der Waals surface area contributed by atoms with E-state index in [1.165, 1.54) is 24.1 Å². The summed E-state index contributed by atoms with van der Waals surface area (Å²) in [5.74, 6) is -1.11. The molecule has 156 valence electrons. The molecular formula is C23H23NO6. The minimum absolute atomic E-state index is 0.0125. The van der Waals surface area contributed by atoms with Crippen molar-refractivity contribution in [3.8, 4) is 11.5 Å². The van der Waals surface area contributed by atoms with E-state index in [1.807, 2.05) is 0 Å². The number of ether oxygens (including phenoxy) is 2. The fourth-order valence-electron chi connectivity index (χ4n) is 3.32. The van der Waals surface area contributed by atoms with E-state index in [4.69, 9.17) is 9.47 Å². The molecule has 0 unspecified atom stereocenters. The van der Waals surface area contributed by atoms with Crippen molar-refractivity contribution in [1.82, 2.24) is 4.90 Å². The van der Waals surface area contributed by atoms with Crippen LogP contribution in [0.5, 0.6) is 11.5 Å². The maximum absolute atomic E-state index is 12.8. The van der Waals surface area contributed by atoms with Gasteiger partial charge in [0.15, 0.2) is 0 Å².